The van der Waals surface area contributed by atoms with Gasteiger partial charge in [-0.1, -0.05) is 34.1 Å². The fraction of sp³-hybridized carbons (Fsp3) is 0.0870. The Bertz CT molecular complexity index is 1320. The third-order valence-electron chi connectivity index (χ3n) is 5.09. The molecular formula is C23H18BrN7O. The lowest BCUT2D eigenvalue weighted by molar-refractivity contribution is -0.113. The van der Waals surface area contributed by atoms with E-state index in [4.69, 9.17) is 5.10 Å². The van der Waals surface area contributed by atoms with Crippen molar-refractivity contribution in [2.24, 2.45) is 0 Å². The number of benzene rings is 1. The fourth-order valence-corrected chi connectivity index (χ4v) is 4.08. The maximum Gasteiger partial charge on any atom is 0.257 e. The molecule has 0 spiro atoms. The average molecular weight is 488 g/mol. The molecule has 0 fully saturated rings. The molecule has 0 bridgehead atoms. The molecule has 0 saturated heterocycles. The number of pyridine rings is 2. The average Bonchev–Trinajstić information content (AvgIpc) is 3.23. The van der Waals surface area contributed by atoms with Crippen molar-refractivity contribution in [2.75, 3.05) is 10.6 Å². The van der Waals surface area contributed by atoms with Crippen LogP contribution in [0.1, 0.15) is 18.5 Å². The van der Waals surface area contributed by atoms with Crippen molar-refractivity contribution in [1.29, 1.82) is 0 Å². The molecule has 2 N–H and O–H groups in total. The summed E-state index contributed by atoms with van der Waals surface area (Å²) in [4.78, 5) is 26.4. The molecule has 1 aliphatic rings. The molecular weight excluding hydrogens is 470 g/mol. The van der Waals surface area contributed by atoms with Gasteiger partial charge in [-0.15, -0.1) is 5.10 Å². The van der Waals surface area contributed by atoms with Gasteiger partial charge < -0.3 is 10.6 Å². The summed E-state index contributed by atoms with van der Waals surface area (Å²) in [6.45, 7) is 1.86. The summed E-state index contributed by atoms with van der Waals surface area (Å²) in [6, 6.07) is 16.5. The van der Waals surface area contributed by atoms with E-state index in [2.05, 4.69) is 41.5 Å². The normalized spacial score (nSPS) is 15.1. The molecule has 4 heterocycles. The molecule has 1 unspecified atom stereocenters. The first-order valence-corrected chi connectivity index (χ1v) is 10.7. The van der Waals surface area contributed by atoms with E-state index in [1.807, 2.05) is 49.4 Å². The number of amides is 1. The van der Waals surface area contributed by atoms with Gasteiger partial charge in [0, 0.05) is 34.3 Å². The Morgan fingerprint density at radius 2 is 2.03 bits per heavy atom. The number of halogens is 1. The van der Waals surface area contributed by atoms with Crippen LogP contribution in [-0.4, -0.2) is 30.6 Å². The van der Waals surface area contributed by atoms with Gasteiger partial charge in [0.25, 0.3) is 5.91 Å². The summed E-state index contributed by atoms with van der Waals surface area (Å²) < 4.78 is 2.65. The minimum Gasteiger partial charge on any atom is -0.328 e. The minimum atomic E-state index is -0.481. The zero-order valence-electron chi connectivity index (χ0n) is 17.0. The molecule has 0 radical (unpaired) electrons. The SMILES string of the molecule is CC1=C(C(=O)Nc2ccccn2)C(c2cccc(Br)c2)n2nc(-c3cccnc3)nc2N1. The standard InChI is InChI=1S/C23H18BrN7O/c1-14-19(22(32)28-18-9-2-3-11-26-18)20(15-6-4-8-17(24)12-15)31-23(27-14)29-21(30-31)16-7-5-10-25-13-16/h2-13,20H,1H3,(H,26,28,32)(H,27,29,30). The van der Waals surface area contributed by atoms with Crippen molar-refractivity contribution >= 4 is 33.6 Å². The highest BCUT2D eigenvalue weighted by Crippen LogP contribution is 2.37. The third-order valence-corrected chi connectivity index (χ3v) is 5.58. The molecule has 1 aromatic carbocycles. The van der Waals surface area contributed by atoms with Gasteiger partial charge >= 0.3 is 0 Å². The van der Waals surface area contributed by atoms with Crippen LogP contribution in [0.25, 0.3) is 11.4 Å². The molecule has 0 saturated carbocycles. The monoisotopic (exact) mass is 487 g/mol. The number of carbonyl (C=O) groups is 1. The number of carbonyl (C=O) groups excluding carboxylic acids is 1. The highest BCUT2D eigenvalue weighted by Gasteiger charge is 2.34. The van der Waals surface area contributed by atoms with E-state index in [1.165, 1.54) is 0 Å². The van der Waals surface area contributed by atoms with Crippen LogP contribution in [0.2, 0.25) is 0 Å². The second-order valence-corrected chi connectivity index (χ2v) is 8.15. The van der Waals surface area contributed by atoms with E-state index in [9.17, 15) is 4.79 Å². The summed E-state index contributed by atoms with van der Waals surface area (Å²) in [5, 5.41) is 10.9. The maximum atomic E-state index is 13.4. The summed E-state index contributed by atoms with van der Waals surface area (Å²) >= 11 is 3.54. The summed E-state index contributed by atoms with van der Waals surface area (Å²) in [7, 11) is 0. The number of nitrogens with one attached hydrogen (secondary N) is 2. The minimum absolute atomic E-state index is 0.261. The predicted molar refractivity (Wildman–Crippen MR) is 125 cm³/mol. The molecule has 1 amide bonds. The first-order valence-electron chi connectivity index (χ1n) is 9.93. The number of hydrogen-bond acceptors (Lipinski definition) is 6. The first kappa shape index (κ1) is 20.1. The van der Waals surface area contributed by atoms with Gasteiger partial charge in [-0.05, 0) is 48.9 Å². The van der Waals surface area contributed by atoms with Gasteiger partial charge in [0.2, 0.25) is 5.95 Å². The first-order chi connectivity index (χ1) is 15.6. The van der Waals surface area contributed by atoms with Crippen molar-refractivity contribution in [3.63, 3.8) is 0 Å². The number of aromatic nitrogens is 5. The third kappa shape index (κ3) is 3.78. The molecule has 1 aliphatic heterocycles. The van der Waals surface area contributed by atoms with Gasteiger partial charge in [0.15, 0.2) is 5.82 Å². The lowest BCUT2D eigenvalue weighted by Gasteiger charge is -2.28. The maximum absolute atomic E-state index is 13.4. The van der Waals surface area contributed by atoms with Crippen LogP contribution in [0.4, 0.5) is 11.8 Å². The lowest BCUT2D eigenvalue weighted by atomic mass is 9.95. The summed E-state index contributed by atoms with van der Waals surface area (Å²) in [6.07, 6.45) is 5.05. The molecule has 8 nitrogen and oxygen atoms in total. The highest BCUT2D eigenvalue weighted by atomic mass is 79.9. The van der Waals surface area contributed by atoms with Crippen molar-refractivity contribution in [2.45, 2.75) is 13.0 Å². The smallest absolute Gasteiger partial charge is 0.257 e. The number of fused-ring (bicyclic) bond motifs is 1. The molecule has 158 valence electrons. The number of nitrogens with zero attached hydrogens (tertiary/aromatic N) is 5. The Morgan fingerprint density at radius 3 is 2.78 bits per heavy atom. The number of anilines is 2. The summed E-state index contributed by atoms with van der Waals surface area (Å²) in [5.41, 5.74) is 2.92. The lowest BCUT2D eigenvalue weighted by Crippen LogP contribution is -2.31. The second kappa shape index (κ2) is 8.35. The zero-order chi connectivity index (χ0) is 22.1. The van der Waals surface area contributed by atoms with Crippen LogP contribution in [0.15, 0.2) is 88.9 Å². The van der Waals surface area contributed by atoms with Crippen molar-refractivity contribution < 1.29 is 4.79 Å². The largest absolute Gasteiger partial charge is 0.328 e. The van der Waals surface area contributed by atoms with Gasteiger partial charge in [-0.25, -0.2) is 9.67 Å². The molecule has 32 heavy (non-hydrogen) atoms. The molecule has 5 rings (SSSR count). The molecule has 9 heteroatoms. The van der Waals surface area contributed by atoms with Crippen LogP contribution in [-0.2, 0) is 4.79 Å². The van der Waals surface area contributed by atoms with Crippen molar-refractivity contribution in [1.82, 2.24) is 24.7 Å². The topological polar surface area (TPSA) is 97.6 Å². The Labute approximate surface area is 192 Å². The number of allylic oxidation sites excluding steroid dienone is 1. The molecule has 4 aromatic rings. The Hall–Kier alpha value is -3.85. The van der Waals surface area contributed by atoms with Crippen LogP contribution in [0.3, 0.4) is 0 Å². The van der Waals surface area contributed by atoms with E-state index in [0.29, 0.717) is 28.9 Å². The highest BCUT2D eigenvalue weighted by molar-refractivity contribution is 9.10. The van der Waals surface area contributed by atoms with E-state index in [-0.39, 0.29) is 5.91 Å². The molecule has 3 aromatic heterocycles. The van der Waals surface area contributed by atoms with E-state index in [1.54, 1.807) is 35.4 Å². The van der Waals surface area contributed by atoms with Crippen LogP contribution >= 0.6 is 15.9 Å². The van der Waals surface area contributed by atoms with Gasteiger partial charge in [0.1, 0.15) is 11.9 Å². The van der Waals surface area contributed by atoms with Crippen LogP contribution in [0, 0.1) is 0 Å². The molecule has 0 aliphatic carbocycles. The van der Waals surface area contributed by atoms with Crippen LogP contribution < -0.4 is 10.6 Å². The quantitative estimate of drug-likeness (QED) is 0.441. The predicted octanol–water partition coefficient (Wildman–Crippen LogP) is 4.43. The Morgan fingerprint density at radius 1 is 1.12 bits per heavy atom. The Kier molecular flexibility index (Phi) is 5.24. The van der Waals surface area contributed by atoms with E-state index in [0.717, 1.165) is 15.6 Å². The zero-order valence-corrected chi connectivity index (χ0v) is 18.6. The van der Waals surface area contributed by atoms with Gasteiger partial charge in [0.05, 0.1) is 5.57 Å². The number of hydrogen-bond donors (Lipinski definition) is 2. The Balaban J connectivity index is 1.62. The van der Waals surface area contributed by atoms with Gasteiger partial charge in [-0.3, -0.25) is 9.78 Å². The summed E-state index contributed by atoms with van der Waals surface area (Å²) in [5.74, 6) is 1.30. The number of rotatable bonds is 4. The van der Waals surface area contributed by atoms with E-state index >= 15 is 0 Å². The van der Waals surface area contributed by atoms with Crippen LogP contribution in [0.5, 0.6) is 0 Å². The fourth-order valence-electron chi connectivity index (χ4n) is 3.67. The molecule has 1 atom stereocenters. The van der Waals surface area contributed by atoms with E-state index < -0.39 is 6.04 Å². The second-order valence-electron chi connectivity index (χ2n) is 7.24. The van der Waals surface area contributed by atoms with Gasteiger partial charge in [-0.2, -0.15) is 4.98 Å². The van der Waals surface area contributed by atoms with Crippen molar-refractivity contribution in [3.05, 3.63) is 94.5 Å². The van der Waals surface area contributed by atoms with Crippen molar-refractivity contribution in [3.8, 4) is 11.4 Å².